The third-order valence-electron chi connectivity index (χ3n) is 2.26. The summed E-state index contributed by atoms with van der Waals surface area (Å²) in [4.78, 5) is 10.7. The number of primary amides is 1. The first-order valence-electron chi connectivity index (χ1n) is 4.84. The van der Waals surface area contributed by atoms with Crippen LogP contribution in [0.4, 0.5) is 0 Å². The number of benzene rings is 1. The number of carbonyl (C=O) groups excluding carboxylic acids is 1. The Morgan fingerprint density at radius 1 is 1.31 bits per heavy atom. The lowest BCUT2D eigenvalue weighted by Gasteiger charge is -2.13. The molecule has 16 heavy (non-hydrogen) atoms. The van der Waals surface area contributed by atoms with E-state index in [9.17, 15) is 4.79 Å². The highest BCUT2D eigenvalue weighted by Gasteiger charge is 2.12. The minimum atomic E-state index is -0.428. The molecule has 1 aromatic rings. The lowest BCUT2D eigenvalue weighted by molar-refractivity contribution is -0.118. The molecule has 0 radical (unpaired) electrons. The molecule has 0 aromatic heterocycles. The van der Waals surface area contributed by atoms with Crippen molar-refractivity contribution in [2.75, 3.05) is 14.2 Å². The second kappa shape index (κ2) is 5.37. The van der Waals surface area contributed by atoms with Crippen LogP contribution < -0.4 is 20.9 Å². The van der Waals surface area contributed by atoms with E-state index in [2.05, 4.69) is 0 Å². The molecule has 1 atom stereocenters. The second-order valence-electron chi connectivity index (χ2n) is 3.39. The van der Waals surface area contributed by atoms with Crippen molar-refractivity contribution in [3.63, 3.8) is 0 Å². The van der Waals surface area contributed by atoms with Gasteiger partial charge in [0.1, 0.15) is 0 Å². The lowest BCUT2D eigenvalue weighted by Crippen LogP contribution is -2.20. The number of nitrogens with two attached hydrogens (primary N) is 2. The summed E-state index contributed by atoms with van der Waals surface area (Å²) in [6, 6.07) is 4.86. The van der Waals surface area contributed by atoms with Crippen molar-refractivity contribution in [1.29, 1.82) is 0 Å². The van der Waals surface area contributed by atoms with Crippen LogP contribution in [-0.4, -0.2) is 20.1 Å². The maximum atomic E-state index is 10.7. The van der Waals surface area contributed by atoms with E-state index in [0.29, 0.717) is 11.5 Å². The van der Waals surface area contributed by atoms with Gasteiger partial charge in [-0.2, -0.15) is 0 Å². The molecule has 1 rings (SSSR count). The Morgan fingerprint density at radius 2 is 1.94 bits per heavy atom. The number of ether oxygens (including phenoxy) is 2. The van der Waals surface area contributed by atoms with E-state index in [-0.39, 0.29) is 6.42 Å². The monoisotopic (exact) mass is 224 g/mol. The molecule has 0 bridgehead atoms. The van der Waals surface area contributed by atoms with Gasteiger partial charge in [-0.3, -0.25) is 4.79 Å². The van der Waals surface area contributed by atoms with Crippen LogP contribution in [0.2, 0.25) is 0 Å². The Bertz CT molecular complexity index is 379. The number of hydrogen-bond acceptors (Lipinski definition) is 4. The fourth-order valence-corrected chi connectivity index (χ4v) is 1.42. The Hall–Kier alpha value is -1.75. The number of amides is 1. The van der Waals surface area contributed by atoms with Gasteiger partial charge in [-0.15, -0.1) is 0 Å². The van der Waals surface area contributed by atoms with Gasteiger partial charge < -0.3 is 20.9 Å². The third kappa shape index (κ3) is 2.87. The van der Waals surface area contributed by atoms with E-state index >= 15 is 0 Å². The van der Waals surface area contributed by atoms with Crippen molar-refractivity contribution in [3.05, 3.63) is 23.8 Å². The van der Waals surface area contributed by atoms with Gasteiger partial charge in [0, 0.05) is 12.5 Å². The van der Waals surface area contributed by atoms with Crippen molar-refractivity contribution in [2.45, 2.75) is 12.5 Å². The predicted octanol–water partition coefficient (Wildman–Crippen LogP) is 0.579. The summed E-state index contributed by atoms with van der Waals surface area (Å²) in [5.41, 5.74) is 11.7. The van der Waals surface area contributed by atoms with Crippen molar-refractivity contribution in [3.8, 4) is 11.5 Å². The summed E-state index contributed by atoms with van der Waals surface area (Å²) >= 11 is 0. The zero-order valence-corrected chi connectivity index (χ0v) is 9.40. The van der Waals surface area contributed by atoms with Gasteiger partial charge in [0.05, 0.1) is 14.2 Å². The van der Waals surface area contributed by atoms with Crippen LogP contribution in [0.25, 0.3) is 0 Å². The highest BCUT2D eigenvalue weighted by molar-refractivity contribution is 5.74. The second-order valence-corrected chi connectivity index (χ2v) is 3.39. The van der Waals surface area contributed by atoms with Gasteiger partial charge >= 0.3 is 0 Å². The van der Waals surface area contributed by atoms with Crippen LogP contribution in [0, 0.1) is 0 Å². The molecule has 1 amide bonds. The summed E-state index contributed by atoms with van der Waals surface area (Å²) < 4.78 is 10.2. The van der Waals surface area contributed by atoms with Gasteiger partial charge in [-0.05, 0) is 17.7 Å². The first-order valence-corrected chi connectivity index (χ1v) is 4.84. The van der Waals surface area contributed by atoms with Gasteiger partial charge in [0.2, 0.25) is 5.91 Å². The molecular weight excluding hydrogens is 208 g/mol. The van der Waals surface area contributed by atoms with Crippen LogP contribution in [0.5, 0.6) is 11.5 Å². The SMILES string of the molecule is COc1ccc([C@@H](N)CC(N)=O)cc1OC. The number of rotatable bonds is 5. The van der Waals surface area contributed by atoms with Gasteiger partial charge in [-0.1, -0.05) is 6.07 Å². The topological polar surface area (TPSA) is 87.6 Å². The first-order chi connectivity index (χ1) is 7.58. The molecule has 0 saturated carbocycles. The van der Waals surface area contributed by atoms with Gasteiger partial charge in [0.15, 0.2) is 11.5 Å². The first kappa shape index (κ1) is 12.3. The van der Waals surface area contributed by atoms with Crippen LogP contribution in [0.3, 0.4) is 0 Å². The maximum absolute atomic E-state index is 10.7. The van der Waals surface area contributed by atoms with E-state index in [1.165, 1.54) is 0 Å². The van der Waals surface area contributed by atoms with Crippen molar-refractivity contribution in [2.24, 2.45) is 11.5 Å². The summed E-state index contributed by atoms with van der Waals surface area (Å²) in [7, 11) is 3.10. The summed E-state index contributed by atoms with van der Waals surface area (Å²) in [5.74, 6) is 0.778. The quantitative estimate of drug-likeness (QED) is 0.765. The molecule has 0 spiro atoms. The molecule has 0 heterocycles. The van der Waals surface area contributed by atoms with E-state index < -0.39 is 11.9 Å². The van der Waals surface area contributed by atoms with E-state index in [4.69, 9.17) is 20.9 Å². The normalized spacial score (nSPS) is 11.9. The van der Waals surface area contributed by atoms with Crippen molar-refractivity contribution < 1.29 is 14.3 Å². The molecule has 0 unspecified atom stereocenters. The zero-order chi connectivity index (χ0) is 12.1. The van der Waals surface area contributed by atoms with Crippen LogP contribution in [0.1, 0.15) is 18.0 Å². The summed E-state index contributed by atoms with van der Waals surface area (Å²) in [5, 5.41) is 0. The standard InChI is InChI=1S/C11H16N2O3/c1-15-9-4-3-7(5-10(9)16-2)8(12)6-11(13)14/h3-5,8H,6,12H2,1-2H3,(H2,13,14)/t8-/m0/s1. The Balaban J connectivity index is 2.93. The molecule has 5 nitrogen and oxygen atoms in total. The number of methoxy groups -OCH3 is 2. The molecule has 5 heteroatoms. The van der Waals surface area contributed by atoms with E-state index in [1.54, 1.807) is 32.4 Å². The van der Waals surface area contributed by atoms with Gasteiger partial charge in [-0.25, -0.2) is 0 Å². The fraction of sp³-hybridized carbons (Fsp3) is 0.364. The van der Waals surface area contributed by atoms with E-state index in [0.717, 1.165) is 5.56 Å². The number of hydrogen-bond donors (Lipinski definition) is 2. The minimum absolute atomic E-state index is 0.107. The van der Waals surface area contributed by atoms with Crippen LogP contribution in [0.15, 0.2) is 18.2 Å². The third-order valence-corrected chi connectivity index (χ3v) is 2.26. The predicted molar refractivity (Wildman–Crippen MR) is 60.3 cm³/mol. The van der Waals surface area contributed by atoms with Crippen LogP contribution in [-0.2, 0) is 4.79 Å². The highest BCUT2D eigenvalue weighted by atomic mass is 16.5. The Morgan fingerprint density at radius 3 is 2.44 bits per heavy atom. The van der Waals surface area contributed by atoms with Crippen molar-refractivity contribution in [1.82, 2.24) is 0 Å². The van der Waals surface area contributed by atoms with Crippen molar-refractivity contribution >= 4 is 5.91 Å². The Kier molecular flexibility index (Phi) is 4.13. The minimum Gasteiger partial charge on any atom is -0.493 e. The molecule has 88 valence electrons. The molecule has 0 aliphatic carbocycles. The smallest absolute Gasteiger partial charge is 0.219 e. The molecule has 0 aliphatic heterocycles. The summed E-state index contributed by atoms with van der Waals surface area (Å²) in [6.07, 6.45) is 0.107. The molecule has 0 saturated heterocycles. The largest absolute Gasteiger partial charge is 0.493 e. The average Bonchev–Trinajstić information content (AvgIpc) is 2.27. The fourth-order valence-electron chi connectivity index (χ4n) is 1.42. The molecular formula is C11H16N2O3. The molecule has 0 aliphatic rings. The molecule has 0 fully saturated rings. The zero-order valence-electron chi connectivity index (χ0n) is 9.40. The lowest BCUT2D eigenvalue weighted by atomic mass is 10.0. The molecule has 4 N–H and O–H groups in total. The molecule has 1 aromatic carbocycles. The Labute approximate surface area is 94.3 Å². The van der Waals surface area contributed by atoms with Gasteiger partial charge in [0.25, 0.3) is 0 Å². The van der Waals surface area contributed by atoms with E-state index in [1.807, 2.05) is 0 Å². The highest BCUT2D eigenvalue weighted by Crippen LogP contribution is 2.29. The van der Waals surface area contributed by atoms with Crippen LogP contribution >= 0.6 is 0 Å². The number of carbonyl (C=O) groups is 1. The summed E-state index contributed by atoms with van der Waals surface area (Å²) in [6.45, 7) is 0. The maximum Gasteiger partial charge on any atom is 0.219 e. The average molecular weight is 224 g/mol.